The van der Waals surface area contributed by atoms with Gasteiger partial charge in [-0.3, -0.25) is 19.1 Å². The van der Waals surface area contributed by atoms with E-state index in [-0.39, 0.29) is 28.9 Å². The second-order valence-corrected chi connectivity index (χ2v) is 12.3. The second kappa shape index (κ2) is 12.1. The van der Waals surface area contributed by atoms with E-state index in [1.807, 2.05) is 6.08 Å². The molecule has 5 rings (SSSR count). The van der Waals surface area contributed by atoms with Crippen molar-refractivity contribution in [2.75, 3.05) is 36.0 Å². The Labute approximate surface area is 244 Å². The van der Waals surface area contributed by atoms with Crippen molar-refractivity contribution in [2.45, 2.75) is 65.0 Å². The fourth-order valence-corrected chi connectivity index (χ4v) is 7.31. The molecule has 40 heavy (non-hydrogen) atoms. The van der Waals surface area contributed by atoms with Crippen LogP contribution in [0.1, 0.15) is 62.1 Å². The van der Waals surface area contributed by atoms with Gasteiger partial charge in [0.05, 0.1) is 4.91 Å². The van der Waals surface area contributed by atoms with Crippen molar-refractivity contribution in [3.05, 3.63) is 62.0 Å². The maximum atomic E-state index is 13.6. The number of piperazine rings is 1. The molecule has 1 aromatic heterocycles. The number of carbonyl (C=O) groups is 1. The van der Waals surface area contributed by atoms with E-state index in [4.69, 9.17) is 12.2 Å². The maximum Gasteiger partial charge on any atom is 0.270 e. The Morgan fingerprint density at radius 1 is 1.10 bits per heavy atom. The molecule has 3 aliphatic rings. The number of pyridine rings is 1. The van der Waals surface area contributed by atoms with Gasteiger partial charge in [-0.15, -0.1) is 0 Å². The summed E-state index contributed by atoms with van der Waals surface area (Å²) in [4.78, 5) is 33.9. The minimum atomic E-state index is -0.292. The number of aromatic nitrogens is 1. The van der Waals surface area contributed by atoms with Gasteiger partial charge in [-0.05, 0) is 62.1 Å². The number of unbranched alkanes of at least 4 members (excludes halogenated alkanes) is 1. The molecule has 1 aromatic carbocycles. The van der Waals surface area contributed by atoms with E-state index in [0.717, 1.165) is 55.6 Å². The smallest absolute Gasteiger partial charge is 0.270 e. The lowest BCUT2D eigenvalue weighted by Crippen LogP contribution is -2.48. The number of thioether (sulfide) groups is 1. The van der Waals surface area contributed by atoms with Gasteiger partial charge < -0.3 is 9.80 Å². The Morgan fingerprint density at radius 3 is 2.38 bits per heavy atom. The predicted octanol–water partition coefficient (Wildman–Crippen LogP) is 5.44. The molecule has 3 heterocycles. The number of amides is 1. The molecule has 1 saturated carbocycles. The summed E-state index contributed by atoms with van der Waals surface area (Å²) in [6.07, 6.45) is 7.66. The largest absolute Gasteiger partial charge is 0.368 e. The van der Waals surface area contributed by atoms with Gasteiger partial charge in [-0.2, -0.15) is 5.26 Å². The molecule has 0 atom stereocenters. The number of anilines is 2. The molecule has 1 amide bonds. The van der Waals surface area contributed by atoms with E-state index < -0.39 is 0 Å². The van der Waals surface area contributed by atoms with Crippen LogP contribution < -0.4 is 15.4 Å². The number of hydrogen-bond acceptors (Lipinski definition) is 7. The van der Waals surface area contributed by atoms with Gasteiger partial charge in [0.2, 0.25) is 0 Å². The van der Waals surface area contributed by atoms with Crippen molar-refractivity contribution in [1.29, 1.82) is 5.26 Å². The van der Waals surface area contributed by atoms with Gasteiger partial charge in [0, 0.05) is 50.0 Å². The molecule has 2 aliphatic heterocycles. The van der Waals surface area contributed by atoms with Crippen LogP contribution in [-0.2, 0) is 11.3 Å². The van der Waals surface area contributed by atoms with Gasteiger partial charge in [0.1, 0.15) is 27.6 Å². The lowest BCUT2D eigenvalue weighted by molar-refractivity contribution is -0.123. The molecule has 7 nitrogen and oxygen atoms in total. The summed E-state index contributed by atoms with van der Waals surface area (Å²) >= 11 is 6.95. The summed E-state index contributed by atoms with van der Waals surface area (Å²) in [6.45, 7) is 7.01. The summed E-state index contributed by atoms with van der Waals surface area (Å²) in [7, 11) is 0. The molecule has 3 fully saturated rings. The predicted molar refractivity (Wildman–Crippen MR) is 163 cm³/mol. The van der Waals surface area contributed by atoms with Crippen molar-refractivity contribution >= 4 is 51.8 Å². The molecule has 0 bridgehead atoms. The third-order valence-electron chi connectivity index (χ3n) is 8.14. The molecule has 10 heteroatoms. The first-order valence-corrected chi connectivity index (χ1v) is 15.3. The molecule has 0 N–H and O–H groups in total. The quantitative estimate of drug-likeness (QED) is 0.320. The zero-order valence-corrected chi connectivity index (χ0v) is 24.6. The fraction of sp³-hybridized carbons (Fsp3) is 0.467. The molecule has 0 radical (unpaired) electrons. The minimum absolute atomic E-state index is 0.0850. The average Bonchev–Trinajstić information content (AvgIpc) is 3.57. The van der Waals surface area contributed by atoms with Crippen molar-refractivity contribution in [1.82, 2.24) is 9.47 Å². The number of halogens is 1. The third-order valence-corrected chi connectivity index (χ3v) is 9.47. The Hall–Kier alpha value is -3.16. The number of hydrogen-bond donors (Lipinski definition) is 0. The van der Waals surface area contributed by atoms with Crippen LogP contribution >= 0.6 is 24.0 Å². The van der Waals surface area contributed by atoms with E-state index in [2.05, 4.69) is 22.8 Å². The summed E-state index contributed by atoms with van der Waals surface area (Å²) in [6, 6.07) is 8.78. The Kier molecular flexibility index (Phi) is 8.62. The van der Waals surface area contributed by atoms with Crippen LogP contribution in [-0.4, -0.2) is 51.9 Å². The first kappa shape index (κ1) is 28.4. The summed E-state index contributed by atoms with van der Waals surface area (Å²) in [5, 5.41) is 9.96. The number of thiocarbonyl (C=S) groups is 1. The highest BCUT2D eigenvalue weighted by molar-refractivity contribution is 8.26. The molecule has 2 saturated heterocycles. The summed E-state index contributed by atoms with van der Waals surface area (Å²) < 4.78 is 15.8. The standard InChI is InChI=1S/C30H34FN5O2S2/c1-3-4-13-35-27(34-16-14-33(15-17-34)22-11-9-21(31)10-12-22)24(20(2)25(19-32)28(35)37)18-26-29(38)36(30(39)40-26)23-7-5-6-8-23/h9-12,18,23H,3-8,13-17H2,1-2H3. The van der Waals surface area contributed by atoms with Crippen LogP contribution in [0.25, 0.3) is 6.08 Å². The number of nitrogens with zero attached hydrogens (tertiary/aromatic N) is 5. The van der Waals surface area contributed by atoms with E-state index >= 15 is 0 Å². The highest BCUT2D eigenvalue weighted by Crippen LogP contribution is 2.39. The zero-order chi connectivity index (χ0) is 28.4. The molecule has 2 aromatic rings. The van der Waals surface area contributed by atoms with Crippen molar-refractivity contribution in [2.24, 2.45) is 0 Å². The van der Waals surface area contributed by atoms with Gasteiger partial charge in [-0.1, -0.05) is 50.2 Å². The second-order valence-electron chi connectivity index (χ2n) is 10.6. The average molecular weight is 580 g/mol. The molecule has 210 valence electrons. The lowest BCUT2D eigenvalue weighted by Gasteiger charge is -2.39. The summed E-state index contributed by atoms with van der Waals surface area (Å²) in [5.41, 5.74) is 2.09. The number of nitriles is 1. The topological polar surface area (TPSA) is 72.6 Å². The Morgan fingerprint density at radius 2 is 1.75 bits per heavy atom. The van der Waals surface area contributed by atoms with Crippen LogP contribution in [0.2, 0.25) is 0 Å². The first-order valence-electron chi connectivity index (χ1n) is 14.0. The SMILES string of the molecule is CCCCn1c(N2CCN(c3ccc(F)cc3)CC2)c(C=C2SC(=S)N(C3CCCC3)C2=O)c(C)c(C#N)c1=O. The van der Waals surface area contributed by atoms with Crippen LogP contribution in [0.4, 0.5) is 15.9 Å². The fourth-order valence-electron chi connectivity index (χ4n) is 5.93. The number of benzene rings is 1. The maximum absolute atomic E-state index is 13.6. The van der Waals surface area contributed by atoms with E-state index in [1.54, 1.807) is 28.5 Å². The van der Waals surface area contributed by atoms with Gasteiger partial charge in [-0.25, -0.2) is 4.39 Å². The molecule has 1 aliphatic carbocycles. The van der Waals surface area contributed by atoms with Crippen molar-refractivity contribution < 1.29 is 9.18 Å². The zero-order valence-electron chi connectivity index (χ0n) is 23.0. The van der Waals surface area contributed by atoms with Crippen molar-refractivity contribution in [3.8, 4) is 6.07 Å². The molecule has 0 unspecified atom stereocenters. The third kappa shape index (κ3) is 5.41. The van der Waals surface area contributed by atoms with E-state index in [1.165, 1.54) is 23.9 Å². The Balaban J connectivity index is 1.55. The lowest BCUT2D eigenvalue weighted by atomic mass is 10.0. The van der Waals surface area contributed by atoms with Crippen LogP contribution in [0.15, 0.2) is 34.0 Å². The van der Waals surface area contributed by atoms with Gasteiger partial charge in [0.25, 0.3) is 11.5 Å². The first-order chi connectivity index (χ1) is 19.3. The van der Waals surface area contributed by atoms with Crippen LogP contribution in [0, 0.1) is 24.1 Å². The highest BCUT2D eigenvalue weighted by atomic mass is 32.2. The van der Waals surface area contributed by atoms with Gasteiger partial charge in [0.15, 0.2) is 0 Å². The molecular weight excluding hydrogens is 545 g/mol. The number of rotatable bonds is 7. The minimum Gasteiger partial charge on any atom is -0.368 e. The van der Waals surface area contributed by atoms with Gasteiger partial charge >= 0.3 is 0 Å². The number of carbonyl (C=O) groups excluding carboxylic acids is 1. The van der Waals surface area contributed by atoms with E-state index in [0.29, 0.717) is 47.5 Å². The summed E-state index contributed by atoms with van der Waals surface area (Å²) in [5.74, 6) is 0.399. The normalized spacial score (nSPS) is 19.2. The Bertz CT molecular complexity index is 1430. The van der Waals surface area contributed by atoms with Crippen LogP contribution in [0.3, 0.4) is 0 Å². The molecular formula is C30H34FN5O2S2. The van der Waals surface area contributed by atoms with Crippen molar-refractivity contribution in [3.63, 3.8) is 0 Å². The molecule has 0 spiro atoms. The highest BCUT2D eigenvalue weighted by Gasteiger charge is 2.38. The van der Waals surface area contributed by atoms with E-state index in [9.17, 15) is 19.2 Å². The van der Waals surface area contributed by atoms with Crippen LogP contribution in [0.5, 0.6) is 0 Å². The monoisotopic (exact) mass is 579 g/mol.